The normalized spacial score (nSPS) is 16.0. The first kappa shape index (κ1) is 19.1. The molecule has 1 N–H and O–H groups in total. The van der Waals surface area contributed by atoms with E-state index in [1.165, 1.54) is 12.8 Å². The van der Waals surface area contributed by atoms with Gasteiger partial charge in [-0.25, -0.2) is 0 Å². The third-order valence-electron chi connectivity index (χ3n) is 4.69. The molecule has 0 bridgehead atoms. The number of furan rings is 1. The van der Waals surface area contributed by atoms with E-state index in [1.807, 2.05) is 25.1 Å². The molecule has 6 heteroatoms. The van der Waals surface area contributed by atoms with Crippen molar-refractivity contribution in [2.45, 2.75) is 32.4 Å². The van der Waals surface area contributed by atoms with E-state index in [9.17, 15) is 0 Å². The summed E-state index contributed by atoms with van der Waals surface area (Å²) >= 11 is 6.34. The molecule has 0 unspecified atom stereocenters. The van der Waals surface area contributed by atoms with Gasteiger partial charge in [0, 0.05) is 13.1 Å². The average Bonchev–Trinajstić information content (AvgIpc) is 3.33. The van der Waals surface area contributed by atoms with Gasteiger partial charge in [-0.1, -0.05) is 11.6 Å². The molecule has 1 aliphatic rings. The van der Waals surface area contributed by atoms with Crippen LogP contribution in [0.15, 0.2) is 34.9 Å². The summed E-state index contributed by atoms with van der Waals surface area (Å²) in [5, 5.41) is 4.11. The molecule has 0 radical (unpaired) electrons. The van der Waals surface area contributed by atoms with Crippen molar-refractivity contribution in [1.29, 1.82) is 0 Å². The van der Waals surface area contributed by atoms with E-state index in [2.05, 4.69) is 16.3 Å². The van der Waals surface area contributed by atoms with Gasteiger partial charge in [0.15, 0.2) is 11.5 Å². The molecule has 2 heterocycles. The highest BCUT2D eigenvalue weighted by atomic mass is 35.5. The molecular formula is C20H27ClN2O3. The minimum absolute atomic E-state index is 0.257. The van der Waals surface area contributed by atoms with Crippen LogP contribution in [-0.4, -0.2) is 38.3 Å². The van der Waals surface area contributed by atoms with Crippen LogP contribution >= 0.6 is 11.6 Å². The van der Waals surface area contributed by atoms with E-state index in [0.29, 0.717) is 29.7 Å². The largest absolute Gasteiger partial charge is 0.491 e. The zero-order valence-corrected chi connectivity index (χ0v) is 16.2. The number of methoxy groups -OCH3 is 1. The van der Waals surface area contributed by atoms with Crippen molar-refractivity contribution >= 4 is 11.6 Å². The summed E-state index contributed by atoms with van der Waals surface area (Å²) in [6.45, 7) is 6.28. The Morgan fingerprint density at radius 3 is 2.77 bits per heavy atom. The van der Waals surface area contributed by atoms with Gasteiger partial charge in [0.05, 0.1) is 31.0 Å². The van der Waals surface area contributed by atoms with E-state index in [-0.39, 0.29) is 6.04 Å². The van der Waals surface area contributed by atoms with Gasteiger partial charge >= 0.3 is 0 Å². The monoisotopic (exact) mass is 378 g/mol. The summed E-state index contributed by atoms with van der Waals surface area (Å²) in [5.41, 5.74) is 1.07. The minimum atomic E-state index is 0.257. The van der Waals surface area contributed by atoms with Crippen LogP contribution in [0.2, 0.25) is 5.02 Å². The topological polar surface area (TPSA) is 46.9 Å². The SMILES string of the molecule is CCOc1cc(CNC[C@H](c2ccco2)N2CCCC2)cc(Cl)c1OC. The zero-order chi connectivity index (χ0) is 18.4. The number of hydrogen-bond acceptors (Lipinski definition) is 5. The smallest absolute Gasteiger partial charge is 0.179 e. The first-order chi connectivity index (χ1) is 12.7. The summed E-state index contributed by atoms with van der Waals surface area (Å²) in [6, 6.07) is 8.18. The van der Waals surface area contributed by atoms with E-state index < -0.39 is 0 Å². The fourth-order valence-electron chi connectivity index (χ4n) is 3.48. The Hall–Kier alpha value is -1.69. The molecule has 1 aromatic heterocycles. The molecule has 1 aromatic carbocycles. The van der Waals surface area contributed by atoms with Crippen LogP contribution in [0.25, 0.3) is 0 Å². The number of ether oxygens (including phenoxy) is 2. The molecule has 1 atom stereocenters. The number of hydrogen-bond donors (Lipinski definition) is 1. The van der Waals surface area contributed by atoms with Crippen LogP contribution in [0.4, 0.5) is 0 Å². The number of likely N-dealkylation sites (tertiary alicyclic amines) is 1. The van der Waals surface area contributed by atoms with Gasteiger partial charge in [-0.15, -0.1) is 0 Å². The lowest BCUT2D eigenvalue weighted by molar-refractivity contribution is 0.209. The van der Waals surface area contributed by atoms with E-state index in [0.717, 1.165) is 31.0 Å². The highest BCUT2D eigenvalue weighted by Gasteiger charge is 2.25. The summed E-state index contributed by atoms with van der Waals surface area (Å²) in [5.74, 6) is 2.28. The van der Waals surface area contributed by atoms with Crippen LogP contribution in [0.3, 0.4) is 0 Å². The number of benzene rings is 1. The second kappa shape index (κ2) is 9.31. The third kappa shape index (κ3) is 4.53. The summed E-state index contributed by atoms with van der Waals surface area (Å²) < 4.78 is 16.7. The van der Waals surface area contributed by atoms with Gasteiger partial charge in [-0.2, -0.15) is 0 Å². The summed E-state index contributed by atoms with van der Waals surface area (Å²) in [4.78, 5) is 2.48. The van der Waals surface area contributed by atoms with Gasteiger partial charge < -0.3 is 19.2 Å². The van der Waals surface area contributed by atoms with Crippen LogP contribution in [-0.2, 0) is 6.54 Å². The van der Waals surface area contributed by atoms with Crippen molar-refractivity contribution in [3.8, 4) is 11.5 Å². The standard InChI is InChI=1S/C20H27ClN2O3/c1-3-25-19-12-15(11-16(21)20(19)24-2)13-22-14-17(18-7-6-10-26-18)23-8-4-5-9-23/h6-7,10-12,17,22H,3-5,8-9,13-14H2,1-2H3/t17-/m1/s1. The molecule has 0 spiro atoms. The molecule has 26 heavy (non-hydrogen) atoms. The number of rotatable bonds is 9. The lowest BCUT2D eigenvalue weighted by Crippen LogP contribution is -2.33. The van der Waals surface area contributed by atoms with Crippen molar-refractivity contribution in [3.05, 3.63) is 46.9 Å². The number of halogens is 1. The lowest BCUT2D eigenvalue weighted by Gasteiger charge is -2.26. The van der Waals surface area contributed by atoms with Crippen LogP contribution in [0.5, 0.6) is 11.5 Å². The van der Waals surface area contributed by atoms with Crippen molar-refractivity contribution in [2.24, 2.45) is 0 Å². The second-order valence-electron chi connectivity index (χ2n) is 6.45. The Morgan fingerprint density at radius 2 is 2.12 bits per heavy atom. The molecule has 1 fully saturated rings. The molecule has 1 aliphatic heterocycles. The zero-order valence-electron chi connectivity index (χ0n) is 15.5. The van der Waals surface area contributed by atoms with Crippen LogP contribution < -0.4 is 14.8 Å². The minimum Gasteiger partial charge on any atom is -0.491 e. The predicted molar refractivity (Wildman–Crippen MR) is 103 cm³/mol. The highest BCUT2D eigenvalue weighted by Crippen LogP contribution is 2.36. The Bertz CT molecular complexity index is 685. The van der Waals surface area contributed by atoms with Gasteiger partial charge in [0.2, 0.25) is 0 Å². The molecule has 142 valence electrons. The molecule has 0 aliphatic carbocycles. The van der Waals surface area contributed by atoms with Crippen molar-refractivity contribution in [3.63, 3.8) is 0 Å². The third-order valence-corrected chi connectivity index (χ3v) is 4.97. The van der Waals surface area contributed by atoms with Gasteiger partial charge in [0.1, 0.15) is 5.76 Å². The maximum Gasteiger partial charge on any atom is 0.179 e. The average molecular weight is 379 g/mol. The number of nitrogens with one attached hydrogen (secondary N) is 1. The Kier molecular flexibility index (Phi) is 6.83. The Labute approximate surface area is 160 Å². The van der Waals surface area contributed by atoms with E-state index in [1.54, 1.807) is 13.4 Å². The highest BCUT2D eigenvalue weighted by molar-refractivity contribution is 6.32. The fourth-order valence-corrected chi connectivity index (χ4v) is 3.79. The second-order valence-corrected chi connectivity index (χ2v) is 6.85. The maximum atomic E-state index is 6.34. The van der Waals surface area contributed by atoms with E-state index >= 15 is 0 Å². The lowest BCUT2D eigenvalue weighted by atomic mass is 10.1. The molecule has 0 amide bonds. The molecule has 3 rings (SSSR count). The molecule has 2 aromatic rings. The Balaban J connectivity index is 1.66. The van der Waals surface area contributed by atoms with Gasteiger partial charge in [0.25, 0.3) is 0 Å². The molecule has 0 saturated carbocycles. The first-order valence-corrected chi connectivity index (χ1v) is 9.58. The van der Waals surface area contributed by atoms with Crippen LogP contribution in [0.1, 0.15) is 37.1 Å². The first-order valence-electron chi connectivity index (χ1n) is 9.20. The van der Waals surface area contributed by atoms with Gasteiger partial charge in [-0.05, 0) is 62.7 Å². The molecular weight excluding hydrogens is 352 g/mol. The van der Waals surface area contributed by atoms with Crippen molar-refractivity contribution in [1.82, 2.24) is 10.2 Å². The molecule has 1 saturated heterocycles. The van der Waals surface area contributed by atoms with Crippen molar-refractivity contribution in [2.75, 3.05) is 33.4 Å². The summed E-state index contributed by atoms with van der Waals surface area (Å²) in [6.07, 6.45) is 4.25. The quantitative estimate of drug-likeness (QED) is 0.706. The van der Waals surface area contributed by atoms with Crippen molar-refractivity contribution < 1.29 is 13.9 Å². The van der Waals surface area contributed by atoms with E-state index in [4.69, 9.17) is 25.5 Å². The maximum absolute atomic E-state index is 6.34. The molecule has 5 nitrogen and oxygen atoms in total. The summed E-state index contributed by atoms with van der Waals surface area (Å²) in [7, 11) is 1.60. The predicted octanol–water partition coefficient (Wildman–Crippen LogP) is 4.27. The fraction of sp³-hybridized carbons (Fsp3) is 0.500. The van der Waals surface area contributed by atoms with Gasteiger partial charge in [-0.3, -0.25) is 4.90 Å². The van der Waals surface area contributed by atoms with Crippen LogP contribution in [0, 0.1) is 0 Å². The number of nitrogens with zero attached hydrogens (tertiary/aromatic N) is 1. The Morgan fingerprint density at radius 1 is 1.31 bits per heavy atom.